The highest BCUT2D eigenvalue weighted by molar-refractivity contribution is 6.33. The van der Waals surface area contributed by atoms with Crippen LogP contribution in [0.4, 0.5) is 5.69 Å². The lowest BCUT2D eigenvalue weighted by Crippen LogP contribution is -2.22. The SMILES string of the molecule is CN(C)C(=O)C(C#N)=Cc1ccc(-c2cc([N+](=O)[O-])ccc2Cl)o1. The molecule has 0 aliphatic heterocycles. The summed E-state index contributed by atoms with van der Waals surface area (Å²) in [6.07, 6.45) is 1.30. The molecule has 8 heteroatoms. The lowest BCUT2D eigenvalue weighted by Gasteiger charge is -2.07. The van der Waals surface area contributed by atoms with Crippen molar-refractivity contribution in [2.45, 2.75) is 0 Å². The highest BCUT2D eigenvalue weighted by Crippen LogP contribution is 2.33. The molecule has 0 atom stereocenters. The zero-order valence-corrected chi connectivity index (χ0v) is 13.6. The molecule has 0 bridgehead atoms. The Morgan fingerprint density at radius 1 is 1.38 bits per heavy atom. The monoisotopic (exact) mass is 345 g/mol. The van der Waals surface area contributed by atoms with Crippen LogP contribution < -0.4 is 0 Å². The average molecular weight is 346 g/mol. The summed E-state index contributed by atoms with van der Waals surface area (Å²) in [5.41, 5.74) is 0.136. The van der Waals surface area contributed by atoms with E-state index >= 15 is 0 Å². The summed E-state index contributed by atoms with van der Waals surface area (Å²) in [7, 11) is 3.06. The molecule has 2 aromatic rings. The minimum atomic E-state index is -0.535. The molecule has 24 heavy (non-hydrogen) atoms. The topological polar surface area (TPSA) is 100 Å². The summed E-state index contributed by atoms with van der Waals surface area (Å²) in [6.45, 7) is 0. The molecule has 0 N–H and O–H groups in total. The summed E-state index contributed by atoms with van der Waals surface area (Å²) >= 11 is 6.06. The van der Waals surface area contributed by atoms with E-state index in [1.165, 1.54) is 43.3 Å². The van der Waals surface area contributed by atoms with Crippen LogP contribution in [-0.2, 0) is 4.79 Å². The van der Waals surface area contributed by atoms with Gasteiger partial charge in [0.15, 0.2) is 0 Å². The van der Waals surface area contributed by atoms with Gasteiger partial charge in [0.1, 0.15) is 23.2 Å². The fourth-order valence-electron chi connectivity index (χ4n) is 1.92. The smallest absolute Gasteiger partial charge is 0.270 e. The molecule has 122 valence electrons. The van der Waals surface area contributed by atoms with Crippen LogP contribution in [0.1, 0.15) is 5.76 Å². The lowest BCUT2D eigenvalue weighted by atomic mass is 10.1. The Balaban J connectivity index is 2.42. The van der Waals surface area contributed by atoms with Crippen LogP contribution in [0.2, 0.25) is 5.02 Å². The number of nitrogens with zero attached hydrogens (tertiary/aromatic N) is 3. The van der Waals surface area contributed by atoms with Crippen LogP contribution in [0, 0.1) is 21.4 Å². The van der Waals surface area contributed by atoms with Crippen LogP contribution in [0.5, 0.6) is 0 Å². The van der Waals surface area contributed by atoms with Crippen LogP contribution in [-0.4, -0.2) is 29.8 Å². The van der Waals surface area contributed by atoms with Gasteiger partial charge in [-0.3, -0.25) is 14.9 Å². The molecule has 1 aromatic heterocycles. The quantitative estimate of drug-likeness (QED) is 0.365. The van der Waals surface area contributed by atoms with Crippen molar-refractivity contribution < 1.29 is 14.1 Å². The number of nitro groups is 1. The maximum atomic E-state index is 11.8. The molecule has 2 rings (SSSR count). The second-order valence-corrected chi connectivity index (χ2v) is 5.40. The number of nitriles is 1. The van der Waals surface area contributed by atoms with E-state index in [4.69, 9.17) is 21.3 Å². The molecule has 0 spiro atoms. The summed E-state index contributed by atoms with van der Waals surface area (Å²) < 4.78 is 5.54. The number of furan rings is 1. The van der Waals surface area contributed by atoms with Crippen molar-refractivity contribution in [1.82, 2.24) is 4.90 Å². The summed E-state index contributed by atoms with van der Waals surface area (Å²) in [5.74, 6) is 0.104. The maximum Gasteiger partial charge on any atom is 0.270 e. The summed E-state index contributed by atoms with van der Waals surface area (Å²) in [4.78, 5) is 23.4. The van der Waals surface area contributed by atoms with Crippen molar-refractivity contribution in [2.24, 2.45) is 0 Å². The Morgan fingerprint density at radius 3 is 2.67 bits per heavy atom. The minimum absolute atomic E-state index is 0.0916. The molecule has 0 radical (unpaired) electrons. The van der Waals surface area contributed by atoms with Crippen molar-refractivity contribution in [2.75, 3.05) is 14.1 Å². The number of carbonyl (C=O) groups excluding carboxylic acids is 1. The molecule has 0 saturated carbocycles. The van der Waals surface area contributed by atoms with Crippen molar-refractivity contribution in [3.05, 3.63) is 56.8 Å². The van der Waals surface area contributed by atoms with Gasteiger partial charge in [0.05, 0.1) is 9.95 Å². The minimum Gasteiger partial charge on any atom is -0.457 e. The van der Waals surface area contributed by atoms with Crippen molar-refractivity contribution in [3.8, 4) is 17.4 Å². The average Bonchev–Trinajstić information content (AvgIpc) is 3.00. The fourth-order valence-corrected chi connectivity index (χ4v) is 2.13. The third kappa shape index (κ3) is 3.62. The second kappa shape index (κ2) is 6.98. The normalized spacial score (nSPS) is 11.0. The van der Waals surface area contributed by atoms with E-state index in [1.807, 2.05) is 6.07 Å². The van der Waals surface area contributed by atoms with Gasteiger partial charge in [0.2, 0.25) is 0 Å². The number of benzene rings is 1. The Bertz CT molecular complexity index is 878. The molecule has 0 saturated heterocycles. The Morgan fingerprint density at radius 2 is 2.08 bits per heavy atom. The largest absolute Gasteiger partial charge is 0.457 e. The van der Waals surface area contributed by atoms with Gasteiger partial charge < -0.3 is 9.32 Å². The standard InChI is InChI=1S/C16H12ClN3O4/c1-19(2)16(21)10(9-18)7-12-4-6-15(24-12)13-8-11(20(22)23)3-5-14(13)17/h3-8H,1-2H3. The molecule has 7 nitrogen and oxygen atoms in total. The van der Waals surface area contributed by atoms with Gasteiger partial charge in [-0.1, -0.05) is 11.6 Å². The molecular weight excluding hydrogens is 334 g/mol. The van der Waals surface area contributed by atoms with Crippen LogP contribution in [0.25, 0.3) is 17.4 Å². The highest BCUT2D eigenvalue weighted by Gasteiger charge is 2.16. The molecule has 1 heterocycles. The van der Waals surface area contributed by atoms with Gasteiger partial charge in [0.25, 0.3) is 11.6 Å². The van der Waals surface area contributed by atoms with E-state index < -0.39 is 10.8 Å². The molecule has 1 aromatic carbocycles. The first-order chi connectivity index (χ1) is 11.3. The lowest BCUT2D eigenvalue weighted by molar-refractivity contribution is -0.384. The van der Waals surface area contributed by atoms with E-state index in [0.717, 1.165) is 0 Å². The molecule has 0 aliphatic carbocycles. The third-order valence-corrected chi connectivity index (χ3v) is 3.43. The first kappa shape index (κ1) is 17.2. The first-order valence-corrected chi connectivity index (χ1v) is 7.09. The van der Waals surface area contributed by atoms with Crippen LogP contribution in [0.3, 0.4) is 0 Å². The van der Waals surface area contributed by atoms with Gasteiger partial charge in [-0.15, -0.1) is 0 Å². The number of nitro benzene ring substituents is 1. The van der Waals surface area contributed by atoms with Crippen molar-refractivity contribution in [3.63, 3.8) is 0 Å². The Hall–Kier alpha value is -3.11. The zero-order valence-electron chi connectivity index (χ0n) is 12.8. The maximum absolute atomic E-state index is 11.8. The highest BCUT2D eigenvalue weighted by atomic mass is 35.5. The van der Waals surface area contributed by atoms with E-state index in [0.29, 0.717) is 11.3 Å². The van der Waals surface area contributed by atoms with E-state index in [1.54, 1.807) is 12.1 Å². The van der Waals surface area contributed by atoms with Crippen molar-refractivity contribution >= 4 is 29.3 Å². The van der Waals surface area contributed by atoms with Crippen LogP contribution in [0.15, 0.2) is 40.3 Å². The number of amides is 1. The number of hydrogen-bond donors (Lipinski definition) is 0. The molecule has 0 fully saturated rings. The molecule has 1 amide bonds. The third-order valence-electron chi connectivity index (χ3n) is 3.10. The molecule has 0 aliphatic rings. The number of carbonyl (C=O) groups is 1. The van der Waals surface area contributed by atoms with Crippen molar-refractivity contribution in [1.29, 1.82) is 5.26 Å². The predicted octanol–water partition coefficient (Wildman–Crippen LogP) is 3.50. The number of rotatable bonds is 4. The van der Waals surface area contributed by atoms with Gasteiger partial charge >= 0.3 is 0 Å². The zero-order chi connectivity index (χ0) is 17.9. The number of likely N-dealkylation sites (N-methyl/N-ethyl adjacent to an activating group) is 1. The molecule has 0 unspecified atom stereocenters. The Labute approximate surface area is 142 Å². The summed E-state index contributed by atoms with van der Waals surface area (Å²) in [5, 5.41) is 20.2. The van der Waals surface area contributed by atoms with E-state index in [-0.39, 0.29) is 22.0 Å². The van der Waals surface area contributed by atoms with Gasteiger partial charge in [-0.05, 0) is 18.2 Å². The number of hydrogen-bond acceptors (Lipinski definition) is 5. The van der Waals surface area contributed by atoms with Crippen LogP contribution >= 0.6 is 11.6 Å². The van der Waals surface area contributed by atoms with Gasteiger partial charge in [-0.25, -0.2) is 0 Å². The van der Waals surface area contributed by atoms with Gasteiger partial charge in [-0.2, -0.15) is 5.26 Å². The van der Waals surface area contributed by atoms with Gasteiger partial charge in [0, 0.05) is 37.9 Å². The predicted molar refractivity (Wildman–Crippen MR) is 88.1 cm³/mol. The fraction of sp³-hybridized carbons (Fsp3) is 0.125. The van der Waals surface area contributed by atoms with E-state index in [9.17, 15) is 14.9 Å². The Kier molecular flexibility index (Phi) is 5.02. The number of halogens is 1. The second-order valence-electron chi connectivity index (χ2n) is 4.99. The first-order valence-electron chi connectivity index (χ1n) is 6.71. The summed E-state index contributed by atoms with van der Waals surface area (Å²) in [6, 6.07) is 8.91. The molecular formula is C16H12ClN3O4. The number of non-ortho nitro benzene ring substituents is 1. The van der Waals surface area contributed by atoms with E-state index in [2.05, 4.69) is 0 Å².